The van der Waals surface area contributed by atoms with Crippen LogP contribution in [0.25, 0.3) is 22.0 Å². The molecule has 0 saturated heterocycles. The van der Waals surface area contributed by atoms with Crippen LogP contribution in [0.2, 0.25) is 0 Å². The fourth-order valence-corrected chi connectivity index (χ4v) is 5.07. The number of amides is 1. The summed E-state index contributed by atoms with van der Waals surface area (Å²) < 4.78 is 0. The normalized spacial score (nSPS) is 11.9. The number of nitrogens with one attached hydrogen (secondary N) is 2. The number of unbranched alkanes of at least 4 members (excludes halogenated alkanes) is 2. The van der Waals surface area contributed by atoms with Gasteiger partial charge in [-0.3, -0.25) is 14.6 Å². The zero-order valence-corrected chi connectivity index (χ0v) is 21.7. The second-order valence-electron chi connectivity index (χ2n) is 9.25. The van der Waals surface area contributed by atoms with E-state index >= 15 is 0 Å². The number of fused-ring (bicyclic) bond motifs is 1. The first-order valence-electron chi connectivity index (χ1n) is 12.7. The minimum atomic E-state index is -0.292. The molecule has 0 spiro atoms. The van der Waals surface area contributed by atoms with Gasteiger partial charge in [0.2, 0.25) is 0 Å². The lowest BCUT2D eigenvalue weighted by Gasteiger charge is -2.16. The number of carbonyl (C=O) groups excluding carboxylic acids is 2. The Balaban J connectivity index is 1.25. The topological polar surface area (TPSA) is 114 Å². The van der Waals surface area contributed by atoms with Gasteiger partial charge in [0.1, 0.15) is 10.7 Å². The Bertz CT molecular complexity index is 1540. The van der Waals surface area contributed by atoms with Crippen molar-refractivity contribution in [2.75, 3.05) is 5.73 Å². The average molecular weight is 524 g/mol. The van der Waals surface area contributed by atoms with E-state index in [0.29, 0.717) is 34.8 Å². The summed E-state index contributed by atoms with van der Waals surface area (Å²) in [7, 11) is 0. The number of nitrogen functional groups attached to an aromatic ring is 1. The number of anilines is 1. The standard InChI is InChI=1S/C30H29N5O2S/c31-24-11-7-6-10-23(24)27(36)13-3-1-2-12-25(35-30(37)28-18-32-19-38-28)29-33-17-26(34-29)22-15-14-20-8-4-5-9-21(20)16-22/h4-11,14-19,25H,1-3,12-13,31H2,(H,33,34)(H,35,37)/t25-/m0/s1. The Kier molecular flexibility index (Phi) is 7.89. The maximum absolute atomic E-state index is 12.8. The van der Waals surface area contributed by atoms with Gasteiger partial charge >= 0.3 is 0 Å². The van der Waals surface area contributed by atoms with E-state index in [1.807, 2.05) is 30.5 Å². The number of Topliss-reactive ketones (excluding diaryl/α,β-unsaturated/α-hetero) is 1. The van der Waals surface area contributed by atoms with Crippen molar-refractivity contribution >= 4 is 39.5 Å². The summed E-state index contributed by atoms with van der Waals surface area (Å²) in [6.45, 7) is 0. The van der Waals surface area contributed by atoms with Crippen molar-refractivity contribution < 1.29 is 9.59 Å². The second-order valence-corrected chi connectivity index (χ2v) is 10.1. The molecule has 0 bridgehead atoms. The molecule has 2 aromatic heterocycles. The maximum Gasteiger partial charge on any atom is 0.263 e. The molecule has 8 heteroatoms. The lowest BCUT2D eigenvalue weighted by molar-refractivity contribution is 0.0935. The number of hydrogen-bond acceptors (Lipinski definition) is 6. The van der Waals surface area contributed by atoms with Gasteiger partial charge in [-0.25, -0.2) is 4.98 Å². The quantitative estimate of drug-likeness (QED) is 0.103. The van der Waals surface area contributed by atoms with Crippen molar-refractivity contribution in [1.29, 1.82) is 0 Å². The van der Waals surface area contributed by atoms with Crippen molar-refractivity contribution in [3.8, 4) is 11.3 Å². The zero-order valence-electron chi connectivity index (χ0n) is 20.9. The van der Waals surface area contributed by atoms with Gasteiger partial charge in [0, 0.05) is 23.2 Å². The molecule has 0 fully saturated rings. The molecule has 0 unspecified atom stereocenters. The SMILES string of the molecule is Nc1ccccc1C(=O)CCCCC[C@H](NC(=O)c1cncs1)c1ncc(-c2ccc3ccccc3c2)[nH]1. The molecule has 0 aliphatic rings. The van der Waals surface area contributed by atoms with Crippen LogP contribution in [0, 0.1) is 0 Å². The molecule has 7 nitrogen and oxygen atoms in total. The molecule has 0 saturated carbocycles. The molecule has 5 rings (SSSR count). The molecule has 1 amide bonds. The van der Waals surface area contributed by atoms with Crippen molar-refractivity contribution in [2.45, 2.75) is 38.1 Å². The molecule has 38 heavy (non-hydrogen) atoms. The van der Waals surface area contributed by atoms with Gasteiger partial charge in [-0.05, 0) is 41.8 Å². The Hall–Kier alpha value is -4.30. The second kappa shape index (κ2) is 11.8. The number of carbonyl (C=O) groups is 2. The third-order valence-corrected chi connectivity index (χ3v) is 7.38. The highest BCUT2D eigenvalue weighted by Crippen LogP contribution is 2.26. The van der Waals surface area contributed by atoms with Crippen molar-refractivity contribution in [1.82, 2.24) is 20.3 Å². The smallest absolute Gasteiger partial charge is 0.263 e. The predicted octanol–water partition coefficient (Wildman–Crippen LogP) is 6.57. The number of nitrogens with zero attached hydrogens (tertiary/aromatic N) is 2. The molecular formula is C30H29N5O2S. The number of ketones is 1. The number of hydrogen-bond donors (Lipinski definition) is 3. The van der Waals surface area contributed by atoms with Gasteiger partial charge in [0.15, 0.2) is 5.78 Å². The highest BCUT2D eigenvalue weighted by Gasteiger charge is 2.20. The van der Waals surface area contributed by atoms with Crippen LogP contribution in [0.3, 0.4) is 0 Å². The molecule has 1 atom stereocenters. The summed E-state index contributed by atoms with van der Waals surface area (Å²) in [5.41, 5.74) is 10.6. The summed E-state index contributed by atoms with van der Waals surface area (Å²) in [5, 5.41) is 5.45. The summed E-state index contributed by atoms with van der Waals surface area (Å²) >= 11 is 1.30. The number of para-hydroxylation sites is 1. The van der Waals surface area contributed by atoms with Crippen LogP contribution in [-0.2, 0) is 0 Å². The molecule has 0 aliphatic carbocycles. The third kappa shape index (κ3) is 5.98. The Morgan fingerprint density at radius 3 is 2.58 bits per heavy atom. The van der Waals surface area contributed by atoms with Crippen LogP contribution in [0.15, 0.2) is 84.6 Å². The molecule has 0 radical (unpaired) electrons. The van der Waals surface area contributed by atoms with E-state index in [0.717, 1.165) is 35.9 Å². The summed E-state index contributed by atoms with van der Waals surface area (Å²) in [6.07, 6.45) is 6.95. The fraction of sp³-hybridized carbons (Fsp3) is 0.200. The van der Waals surface area contributed by atoms with Crippen molar-refractivity contribution in [3.63, 3.8) is 0 Å². The highest BCUT2D eigenvalue weighted by atomic mass is 32.1. The Morgan fingerprint density at radius 2 is 1.76 bits per heavy atom. The first-order chi connectivity index (χ1) is 18.6. The van der Waals surface area contributed by atoms with E-state index in [4.69, 9.17) is 5.73 Å². The molecular weight excluding hydrogens is 494 g/mol. The van der Waals surface area contributed by atoms with Gasteiger partial charge < -0.3 is 16.0 Å². The van der Waals surface area contributed by atoms with E-state index in [1.165, 1.54) is 16.7 Å². The van der Waals surface area contributed by atoms with E-state index in [1.54, 1.807) is 23.8 Å². The van der Waals surface area contributed by atoms with Crippen LogP contribution in [0.4, 0.5) is 5.69 Å². The summed E-state index contributed by atoms with van der Waals surface area (Å²) in [4.78, 5) is 38.0. The minimum absolute atomic E-state index is 0.0595. The summed E-state index contributed by atoms with van der Waals surface area (Å²) in [6, 6.07) is 21.4. The van der Waals surface area contributed by atoms with Crippen LogP contribution in [0.5, 0.6) is 0 Å². The first-order valence-corrected chi connectivity index (χ1v) is 13.6. The summed E-state index contributed by atoms with van der Waals surface area (Å²) in [5.74, 6) is 0.597. The molecule has 192 valence electrons. The van der Waals surface area contributed by atoms with Crippen molar-refractivity contribution in [3.05, 3.63) is 101 Å². The maximum atomic E-state index is 12.8. The van der Waals surface area contributed by atoms with Gasteiger partial charge in [-0.1, -0.05) is 61.4 Å². The first kappa shape index (κ1) is 25.4. The average Bonchev–Trinajstić information content (AvgIpc) is 3.65. The van der Waals surface area contributed by atoms with E-state index in [9.17, 15) is 9.59 Å². The fourth-order valence-electron chi connectivity index (χ4n) is 4.55. The van der Waals surface area contributed by atoms with E-state index in [-0.39, 0.29) is 17.7 Å². The molecule has 0 aliphatic heterocycles. The van der Waals surface area contributed by atoms with Crippen LogP contribution < -0.4 is 11.1 Å². The monoisotopic (exact) mass is 523 g/mol. The molecule has 2 heterocycles. The number of aromatic amines is 1. The molecule has 5 aromatic rings. The predicted molar refractivity (Wildman–Crippen MR) is 152 cm³/mol. The van der Waals surface area contributed by atoms with Gasteiger partial charge in [-0.2, -0.15) is 0 Å². The van der Waals surface area contributed by atoms with Crippen LogP contribution in [-0.4, -0.2) is 26.6 Å². The van der Waals surface area contributed by atoms with Gasteiger partial charge in [-0.15, -0.1) is 11.3 Å². The number of thiazole rings is 1. The lowest BCUT2D eigenvalue weighted by atomic mass is 10.0. The van der Waals surface area contributed by atoms with E-state index in [2.05, 4.69) is 50.6 Å². The number of aromatic nitrogens is 3. The number of benzene rings is 3. The molecule has 4 N–H and O–H groups in total. The number of rotatable bonds is 11. The van der Waals surface area contributed by atoms with Crippen LogP contribution >= 0.6 is 11.3 Å². The van der Waals surface area contributed by atoms with Crippen molar-refractivity contribution in [2.24, 2.45) is 0 Å². The molecule has 3 aromatic carbocycles. The largest absolute Gasteiger partial charge is 0.398 e. The zero-order chi connectivity index (χ0) is 26.3. The minimum Gasteiger partial charge on any atom is -0.398 e. The van der Waals surface area contributed by atoms with Crippen LogP contribution in [0.1, 0.15) is 64.0 Å². The number of H-pyrrole nitrogens is 1. The van der Waals surface area contributed by atoms with E-state index < -0.39 is 0 Å². The Labute approximate surface area is 225 Å². The number of nitrogens with two attached hydrogens (primary N) is 1. The number of imidazole rings is 1. The Morgan fingerprint density at radius 1 is 0.947 bits per heavy atom. The van der Waals surface area contributed by atoms with Gasteiger partial charge in [0.05, 0.1) is 29.6 Å². The lowest BCUT2D eigenvalue weighted by Crippen LogP contribution is -2.28. The van der Waals surface area contributed by atoms with Gasteiger partial charge in [0.25, 0.3) is 5.91 Å². The highest BCUT2D eigenvalue weighted by molar-refractivity contribution is 7.11. The third-order valence-electron chi connectivity index (χ3n) is 6.61.